The highest BCUT2D eigenvalue weighted by Crippen LogP contribution is 2.30. The summed E-state index contributed by atoms with van der Waals surface area (Å²) in [5, 5.41) is 14.5. The lowest BCUT2D eigenvalue weighted by Crippen LogP contribution is -2.30. The fourth-order valence-corrected chi connectivity index (χ4v) is 2.56. The van der Waals surface area contributed by atoms with Crippen molar-refractivity contribution in [2.45, 2.75) is 6.92 Å². The molecule has 142 valence electrons. The fourth-order valence-electron chi connectivity index (χ4n) is 2.30. The minimum Gasteiger partial charge on any atom is -0.334 e. The predicted octanol–water partition coefficient (Wildman–Crippen LogP) is 3.96. The summed E-state index contributed by atoms with van der Waals surface area (Å²) >= 11 is 3.29. The lowest BCUT2D eigenvalue weighted by atomic mass is 10.2. The van der Waals surface area contributed by atoms with Crippen molar-refractivity contribution in [2.24, 2.45) is 0 Å². The smallest absolute Gasteiger partial charge is 0.334 e. The zero-order valence-electron chi connectivity index (χ0n) is 14.6. The molecule has 1 heterocycles. The minimum atomic E-state index is -0.620. The molecule has 0 bridgehead atoms. The molecule has 28 heavy (non-hydrogen) atoms. The molecule has 2 aromatic carbocycles. The number of aryl methyl sites for hydroxylation is 1. The van der Waals surface area contributed by atoms with Gasteiger partial charge in [0.05, 0.1) is 4.92 Å². The van der Waals surface area contributed by atoms with Crippen molar-refractivity contribution in [3.05, 3.63) is 80.6 Å². The zero-order chi connectivity index (χ0) is 20.1. The number of aromatic nitrogens is 2. The summed E-state index contributed by atoms with van der Waals surface area (Å²) in [7, 11) is 0. The lowest BCUT2D eigenvalue weighted by molar-refractivity contribution is -0.383. The van der Waals surface area contributed by atoms with Gasteiger partial charge in [-0.05, 0) is 43.3 Å². The first-order valence-electron chi connectivity index (χ1n) is 8.09. The van der Waals surface area contributed by atoms with Crippen LogP contribution in [0.2, 0.25) is 0 Å². The highest BCUT2D eigenvalue weighted by Gasteiger charge is 2.23. The molecular weight excluding hydrogens is 428 g/mol. The second-order valence-corrected chi connectivity index (χ2v) is 6.67. The Morgan fingerprint density at radius 2 is 1.68 bits per heavy atom. The Hall–Kier alpha value is -3.53. The van der Waals surface area contributed by atoms with Crippen LogP contribution < -0.4 is 16.2 Å². The maximum atomic E-state index is 12.2. The number of halogens is 1. The van der Waals surface area contributed by atoms with Crippen LogP contribution in [0.4, 0.5) is 23.0 Å². The molecule has 0 radical (unpaired) electrons. The molecule has 9 nitrogen and oxygen atoms in total. The van der Waals surface area contributed by atoms with E-state index in [0.717, 1.165) is 16.4 Å². The number of rotatable bonds is 6. The van der Waals surface area contributed by atoms with Crippen LogP contribution in [-0.4, -0.2) is 20.8 Å². The Morgan fingerprint density at radius 1 is 1.04 bits per heavy atom. The van der Waals surface area contributed by atoms with Crippen molar-refractivity contribution < 1.29 is 9.72 Å². The highest BCUT2D eigenvalue weighted by molar-refractivity contribution is 9.10. The predicted molar refractivity (Wildman–Crippen MR) is 108 cm³/mol. The summed E-state index contributed by atoms with van der Waals surface area (Å²) in [6.45, 7) is 1.94. The topological polar surface area (TPSA) is 122 Å². The maximum Gasteiger partial charge on any atom is 0.355 e. The Morgan fingerprint density at radius 3 is 2.32 bits per heavy atom. The molecule has 1 aromatic heterocycles. The summed E-state index contributed by atoms with van der Waals surface area (Å²) in [5.74, 6) is -0.599. The fraction of sp³-hybridized carbons (Fsp3) is 0.0556. The monoisotopic (exact) mass is 442 g/mol. The van der Waals surface area contributed by atoms with Crippen LogP contribution in [-0.2, 0) is 0 Å². The van der Waals surface area contributed by atoms with Crippen LogP contribution in [0.1, 0.15) is 15.9 Å². The summed E-state index contributed by atoms with van der Waals surface area (Å²) in [6.07, 6.45) is 1.16. The van der Waals surface area contributed by atoms with Crippen LogP contribution in [0.5, 0.6) is 0 Å². The van der Waals surface area contributed by atoms with E-state index in [9.17, 15) is 14.9 Å². The van der Waals surface area contributed by atoms with Gasteiger partial charge in [-0.25, -0.2) is 9.97 Å². The van der Waals surface area contributed by atoms with Gasteiger partial charge < -0.3 is 5.32 Å². The quantitative estimate of drug-likeness (QED) is 0.389. The first kappa shape index (κ1) is 19.2. The normalized spacial score (nSPS) is 10.2. The summed E-state index contributed by atoms with van der Waals surface area (Å²) in [6, 6.07) is 13.9. The molecule has 3 rings (SSSR count). The van der Waals surface area contributed by atoms with E-state index in [-0.39, 0.29) is 17.3 Å². The third-order valence-electron chi connectivity index (χ3n) is 3.72. The molecule has 0 aliphatic rings. The average molecular weight is 443 g/mol. The van der Waals surface area contributed by atoms with E-state index >= 15 is 0 Å². The number of hydrazine groups is 1. The van der Waals surface area contributed by atoms with Crippen molar-refractivity contribution in [1.29, 1.82) is 0 Å². The van der Waals surface area contributed by atoms with Crippen LogP contribution in [0.25, 0.3) is 0 Å². The Labute approximate surface area is 168 Å². The van der Waals surface area contributed by atoms with E-state index in [2.05, 4.69) is 42.1 Å². The van der Waals surface area contributed by atoms with Gasteiger partial charge in [0.25, 0.3) is 5.91 Å². The first-order chi connectivity index (χ1) is 13.4. The van der Waals surface area contributed by atoms with Crippen LogP contribution in [0, 0.1) is 17.0 Å². The highest BCUT2D eigenvalue weighted by atomic mass is 79.9. The molecule has 0 saturated heterocycles. The molecule has 10 heteroatoms. The molecule has 0 aliphatic carbocycles. The average Bonchev–Trinajstić information content (AvgIpc) is 2.68. The van der Waals surface area contributed by atoms with Crippen LogP contribution >= 0.6 is 15.9 Å². The minimum absolute atomic E-state index is 0.00393. The number of hydrogen-bond acceptors (Lipinski definition) is 7. The Balaban J connectivity index is 1.80. The number of nitrogens with one attached hydrogen (secondary N) is 3. The maximum absolute atomic E-state index is 12.2. The van der Waals surface area contributed by atoms with Gasteiger partial charge in [-0.2, -0.15) is 0 Å². The third kappa shape index (κ3) is 4.60. The Bertz CT molecular complexity index is 1010. The standard InChI is InChI=1S/C18H15BrN6O3/c1-11-2-8-14(9-3-11)22-16-15(25(27)28)17(21-10-20-16)23-24-18(26)12-4-6-13(19)7-5-12/h2-10H,1H3,(H,24,26)(H2,20,21,22,23). The molecule has 0 fully saturated rings. The lowest BCUT2D eigenvalue weighted by Gasteiger charge is -2.11. The number of nitrogens with zero attached hydrogens (tertiary/aromatic N) is 3. The van der Waals surface area contributed by atoms with Gasteiger partial charge in [0.2, 0.25) is 11.6 Å². The molecule has 0 unspecified atom stereocenters. The third-order valence-corrected chi connectivity index (χ3v) is 4.25. The van der Waals surface area contributed by atoms with Gasteiger partial charge in [0.1, 0.15) is 6.33 Å². The summed E-state index contributed by atoms with van der Waals surface area (Å²) < 4.78 is 0.829. The van der Waals surface area contributed by atoms with E-state index in [1.807, 2.05) is 19.1 Å². The van der Waals surface area contributed by atoms with Crippen molar-refractivity contribution in [3.8, 4) is 0 Å². The molecule has 0 aliphatic heterocycles. The van der Waals surface area contributed by atoms with Gasteiger partial charge in [-0.15, -0.1) is 0 Å². The summed E-state index contributed by atoms with van der Waals surface area (Å²) in [5.41, 5.74) is 6.58. The number of nitro groups is 1. The summed E-state index contributed by atoms with van der Waals surface area (Å²) in [4.78, 5) is 31.0. The molecular formula is C18H15BrN6O3. The second kappa shape index (κ2) is 8.44. The van der Waals surface area contributed by atoms with E-state index in [1.54, 1.807) is 36.4 Å². The van der Waals surface area contributed by atoms with Gasteiger partial charge >= 0.3 is 5.69 Å². The van der Waals surface area contributed by atoms with E-state index in [1.165, 1.54) is 0 Å². The molecule has 3 N–H and O–H groups in total. The van der Waals surface area contributed by atoms with Crippen molar-refractivity contribution in [1.82, 2.24) is 15.4 Å². The second-order valence-electron chi connectivity index (χ2n) is 5.75. The number of anilines is 3. The number of carbonyl (C=O) groups excluding carboxylic acids is 1. The van der Waals surface area contributed by atoms with E-state index in [4.69, 9.17) is 0 Å². The van der Waals surface area contributed by atoms with Gasteiger partial charge in [-0.1, -0.05) is 33.6 Å². The van der Waals surface area contributed by atoms with Crippen LogP contribution in [0.15, 0.2) is 59.3 Å². The number of hydrogen-bond donors (Lipinski definition) is 3. The van der Waals surface area contributed by atoms with Gasteiger partial charge in [0.15, 0.2) is 0 Å². The Kier molecular flexibility index (Phi) is 5.80. The van der Waals surface area contributed by atoms with Crippen molar-refractivity contribution in [2.75, 3.05) is 10.7 Å². The first-order valence-corrected chi connectivity index (χ1v) is 8.88. The molecule has 0 saturated carbocycles. The van der Waals surface area contributed by atoms with E-state index in [0.29, 0.717) is 11.3 Å². The molecule has 0 spiro atoms. The van der Waals surface area contributed by atoms with Gasteiger partial charge in [0, 0.05) is 15.7 Å². The molecule has 0 atom stereocenters. The van der Waals surface area contributed by atoms with Crippen molar-refractivity contribution in [3.63, 3.8) is 0 Å². The molecule has 3 aromatic rings. The number of carbonyl (C=O) groups is 1. The molecule has 1 amide bonds. The number of benzene rings is 2. The van der Waals surface area contributed by atoms with Crippen LogP contribution in [0.3, 0.4) is 0 Å². The largest absolute Gasteiger partial charge is 0.355 e. The van der Waals surface area contributed by atoms with Gasteiger partial charge in [-0.3, -0.25) is 25.8 Å². The zero-order valence-corrected chi connectivity index (χ0v) is 16.2. The SMILES string of the molecule is Cc1ccc(Nc2ncnc(NNC(=O)c3ccc(Br)cc3)c2[N+](=O)[O-])cc1. The van der Waals surface area contributed by atoms with E-state index < -0.39 is 10.8 Å². The van der Waals surface area contributed by atoms with Crippen molar-refractivity contribution >= 4 is 44.8 Å². The number of amides is 1.